The molecule has 0 saturated carbocycles. The second kappa shape index (κ2) is 11.0. The molecule has 3 aromatic rings. The summed E-state index contributed by atoms with van der Waals surface area (Å²) in [6, 6.07) is 14.7. The lowest BCUT2D eigenvalue weighted by atomic mass is 10.0. The Morgan fingerprint density at radius 1 is 0.912 bits per heavy atom. The average Bonchev–Trinajstić information content (AvgIpc) is 2.89. The Morgan fingerprint density at radius 3 is 2.56 bits per heavy atom. The first-order chi connectivity index (χ1) is 16.7. The average molecular weight is 458 g/mol. The number of piperazine rings is 1. The molecule has 0 bridgehead atoms. The zero-order valence-corrected chi connectivity index (χ0v) is 20.2. The fraction of sp³-hybridized carbons (Fsp3) is 0.444. The van der Waals surface area contributed by atoms with Gasteiger partial charge in [-0.05, 0) is 37.7 Å². The van der Waals surface area contributed by atoms with Crippen molar-refractivity contribution in [1.82, 2.24) is 29.7 Å². The van der Waals surface area contributed by atoms with Crippen LogP contribution in [-0.2, 0) is 19.5 Å². The second-order valence-electron chi connectivity index (χ2n) is 9.43. The van der Waals surface area contributed by atoms with Crippen LogP contribution in [0.4, 0.5) is 5.82 Å². The van der Waals surface area contributed by atoms with E-state index < -0.39 is 0 Å². The van der Waals surface area contributed by atoms with E-state index in [1.165, 1.54) is 43.0 Å². The first kappa shape index (κ1) is 22.9. The molecule has 0 spiro atoms. The van der Waals surface area contributed by atoms with Crippen molar-refractivity contribution in [2.24, 2.45) is 0 Å². The van der Waals surface area contributed by atoms with Gasteiger partial charge in [-0.1, -0.05) is 30.3 Å². The van der Waals surface area contributed by atoms with Crippen LogP contribution in [0.3, 0.4) is 0 Å². The Kier molecular flexibility index (Phi) is 7.43. The number of fused-ring (bicyclic) bond motifs is 1. The van der Waals surface area contributed by atoms with Gasteiger partial charge in [-0.3, -0.25) is 9.88 Å². The smallest absolute Gasteiger partial charge is 0.163 e. The topological polar surface area (TPSA) is 60.4 Å². The monoisotopic (exact) mass is 457 g/mol. The van der Waals surface area contributed by atoms with Gasteiger partial charge in [0, 0.05) is 82.3 Å². The molecule has 1 saturated heterocycles. The van der Waals surface area contributed by atoms with Crippen LogP contribution in [0.2, 0.25) is 0 Å². The van der Waals surface area contributed by atoms with Gasteiger partial charge in [-0.25, -0.2) is 9.97 Å². The molecule has 4 heterocycles. The van der Waals surface area contributed by atoms with E-state index in [-0.39, 0.29) is 0 Å². The van der Waals surface area contributed by atoms with E-state index in [9.17, 15) is 0 Å². The number of anilines is 1. The zero-order chi connectivity index (χ0) is 23.2. The van der Waals surface area contributed by atoms with Gasteiger partial charge in [0.05, 0.1) is 5.69 Å². The lowest BCUT2D eigenvalue weighted by Gasteiger charge is -2.32. The van der Waals surface area contributed by atoms with Crippen molar-refractivity contribution in [3.05, 3.63) is 71.7 Å². The van der Waals surface area contributed by atoms with Gasteiger partial charge in [0.1, 0.15) is 5.82 Å². The first-order valence-corrected chi connectivity index (χ1v) is 12.5. The Balaban J connectivity index is 1.30. The number of hydrogen-bond acceptors (Lipinski definition) is 7. The third kappa shape index (κ3) is 5.78. The highest BCUT2D eigenvalue weighted by Crippen LogP contribution is 2.28. The summed E-state index contributed by atoms with van der Waals surface area (Å²) in [5, 5.41) is 3.68. The van der Waals surface area contributed by atoms with Crippen LogP contribution < -0.4 is 5.32 Å². The van der Waals surface area contributed by atoms with Gasteiger partial charge in [0.15, 0.2) is 5.82 Å². The van der Waals surface area contributed by atoms with Crippen LogP contribution in [-0.4, -0.2) is 82.5 Å². The number of pyridine rings is 1. The van der Waals surface area contributed by atoms with Gasteiger partial charge < -0.3 is 15.1 Å². The van der Waals surface area contributed by atoms with Crippen molar-refractivity contribution in [2.75, 3.05) is 58.2 Å². The maximum absolute atomic E-state index is 4.98. The molecular weight excluding hydrogens is 422 g/mol. The lowest BCUT2D eigenvalue weighted by Crippen LogP contribution is -2.44. The van der Waals surface area contributed by atoms with E-state index in [0.717, 1.165) is 62.8 Å². The highest BCUT2D eigenvalue weighted by atomic mass is 15.2. The van der Waals surface area contributed by atoms with Crippen molar-refractivity contribution in [3.63, 3.8) is 0 Å². The minimum atomic E-state index is 0.768. The highest BCUT2D eigenvalue weighted by molar-refractivity contribution is 5.59. The van der Waals surface area contributed by atoms with E-state index >= 15 is 0 Å². The minimum absolute atomic E-state index is 0.768. The minimum Gasteiger partial charge on any atom is -0.370 e. The molecule has 0 atom stereocenters. The van der Waals surface area contributed by atoms with E-state index in [2.05, 4.69) is 62.4 Å². The molecule has 7 heteroatoms. The molecule has 2 aliphatic heterocycles. The molecule has 0 radical (unpaired) electrons. The largest absolute Gasteiger partial charge is 0.370 e. The Bertz CT molecular complexity index is 1050. The summed E-state index contributed by atoms with van der Waals surface area (Å²) in [6.07, 6.45) is 5.69. The van der Waals surface area contributed by atoms with Crippen LogP contribution in [0.25, 0.3) is 11.4 Å². The fourth-order valence-corrected chi connectivity index (χ4v) is 4.80. The first-order valence-electron chi connectivity index (χ1n) is 12.5. The number of benzene rings is 1. The van der Waals surface area contributed by atoms with Crippen LogP contribution >= 0.6 is 0 Å². The summed E-state index contributed by atoms with van der Waals surface area (Å²) in [5.41, 5.74) is 4.73. The van der Waals surface area contributed by atoms with Gasteiger partial charge in [0.2, 0.25) is 0 Å². The summed E-state index contributed by atoms with van der Waals surface area (Å²) in [5.74, 6) is 1.75. The quantitative estimate of drug-likeness (QED) is 0.522. The van der Waals surface area contributed by atoms with E-state index in [1.807, 2.05) is 18.3 Å². The molecular formula is C27H35N7. The Labute approximate surface area is 202 Å². The number of aromatic nitrogens is 3. The number of rotatable bonds is 8. The standard InChI is InChI=1S/C27H35N7/c1-32-15-17-33(18-16-32)13-6-12-29-27-24-21-34(20-22-7-3-2-4-8-22)14-10-25(24)30-26(31-27)23-9-5-11-28-19-23/h2-5,7-9,11,19H,6,10,12-18,20-21H2,1H3,(H,29,30,31). The Hall–Kier alpha value is -2.87. The van der Waals surface area contributed by atoms with E-state index in [1.54, 1.807) is 6.20 Å². The van der Waals surface area contributed by atoms with Crippen molar-refractivity contribution >= 4 is 5.82 Å². The molecule has 5 rings (SSSR count). The van der Waals surface area contributed by atoms with Crippen molar-refractivity contribution < 1.29 is 0 Å². The van der Waals surface area contributed by atoms with E-state index in [4.69, 9.17) is 9.97 Å². The SMILES string of the molecule is CN1CCN(CCCNc2nc(-c3cccnc3)nc3c2CN(Cc2ccccc2)CC3)CC1. The fourth-order valence-electron chi connectivity index (χ4n) is 4.80. The van der Waals surface area contributed by atoms with Crippen LogP contribution in [0.5, 0.6) is 0 Å². The van der Waals surface area contributed by atoms with Crippen LogP contribution in [0.15, 0.2) is 54.9 Å². The lowest BCUT2D eigenvalue weighted by molar-refractivity contribution is 0.154. The molecule has 1 N–H and O–H groups in total. The molecule has 0 aliphatic carbocycles. The molecule has 178 valence electrons. The molecule has 7 nitrogen and oxygen atoms in total. The van der Waals surface area contributed by atoms with Crippen molar-refractivity contribution in [3.8, 4) is 11.4 Å². The van der Waals surface area contributed by atoms with Crippen LogP contribution in [0.1, 0.15) is 23.2 Å². The predicted octanol–water partition coefficient (Wildman–Crippen LogP) is 3.15. The summed E-state index contributed by atoms with van der Waals surface area (Å²) >= 11 is 0. The van der Waals surface area contributed by atoms with Gasteiger partial charge in [0.25, 0.3) is 0 Å². The maximum Gasteiger partial charge on any atom is 0.163 e. The molecule has 1 aromatic carbocycles. The molecule has 1 fully saturated rings. The summed E-state index contributed by atoms with van der Waals surface area (Å²) in [6.45, 7) is 9.54. The summed E-state index contributed by atoms with van der Waals surface area (Å²) in [4.78, 5) is 21.7. The van der Waals surface area contributed by atoms with Gasteiger partial charge >= 0.3 is 0 Å². The molecule has 34 heavy (non-hydrogen) atoms. The Morgan fingerprint density at radius 2 is 1.76 bits per heavy atom. The highest BCUT2D eigenvalue weighted by Gasteiger charge is 2.23. The zero-order valence-electron chi connectivity index (χ0n) is 20.2. The van der Waals surface area contributed by atoms with Crippen molar-refractivity contribution in [2.45, 2.75) is 25.9 Å². The van der Waals surface area contributed by atoms with E-state index in [0.29, 0.717) is 0 Å². The third-order valence-corrected chi connectivity index (χ3v) is 6.85. The molecule has 0 unspecified atom stereocenters. The molecule has 2 aromatic heterocycles. The summed E-state index contributed by atoms with van der Waals surface area (Å²) in [7, 11) is 2.21. The van der Waals surface area contributed by atoms with Gasteiger partial charge in [-0.15, -0.1) is 0 Å². The maximum atomic E-state index is 4.98. The summed E-state index contributed by atoms with van der Waals surface area (Å²) < 4.78 is 0. The van der Waals surface area contributed by atoms with Crippen molar-refractivity contribution in [1.29, 1.82) is 0 Å². The number of likely N-dealkylation sites (N-methyl/N-ethyl adjacent to an activating group) is 1. The van der Waals surface area contributed by atoms with Gasteiger partial charge in [-0.2, -0.15) is 0 Å². The molecule has 2 aliphatic rings. The number of nitrogens with zero attached hydrogens (tertiary/aromatic N) is 6. The number of nitrogens with one attached hydrogen (secondary N) is 1. The predicted molar refractivity (Wildman–Crippen MR) is 137 cm³/mol. The third-order valence-electron chi connectivity index (χ3n) is 6.85. The van der Waals surface area contributed by atoms with Crippen LogP contribution in [0, 0.1) is 0 Å². The molecule has 0 amide bonds. The number of hydrogen-bond donors (Lipinski definition) is 1. The normalized spacial score (nSPS) is 17.4. The second-order valence-corrected chi connectivity index (χ2v) is 9.43.